The van der Waals surface area contributed by atoms with Crippen LogP contribution in [0.5, 0.6) is 0 Å². The van der Waals surface area contributed by atoms with Crippen molar-refractivity contribution in [2.45, 2.75) is 45.8 Å². The summed E-state index contributed by atoms with van der Waals surface area (Å²) in [5.74, 6) is 0.886. The molecule has 1 aliphatic heterocycles. The number of rotatable bonds is 4. The number of benzene rings is 1. The number of nitrogens with one attached hydrogen (secondary N) is 1. The van der Waals surface area contributed by atoms with Crippen LogP contribution >= 0.6 is 0 Å². The minimum Gasteiger partial charge on any atom is -0.444 e. The van der Waals surface area contributed by atoms with E-state index in [1.54, 1.807) is 24.1 Å². The summed E-state index contributed by atoms with van der Waals surface area (Å²) in [5, 5.41) is 3.40. The lowest BCUT2D eigenvalue weighted by atomic mass is 9.98. The van der Waals surface area contributed by atoms with Crippen LogP contribution in [-0.4, -0.2) is 61.2 Å². The van der Waals surface area contributed by atoms with Gasteiger partial charge in [0.25, 0.3) is 0 Å². The third-order valence-electron chi connectivity index (χ3n) is 4.63. The molecule has 1 heterocycles. The quantitative estimate of drug-likeness (QED) is 0.630. The van der Waals surface area contributed by atoms with Crippen molar-refractivity contribution in [3.05, 3.63) is 35.6 Å². The van der Waals surface area contributed by atoms with Crippen molar-refractivity contribution in [2.24, 2.45) is 10.9 Å². The Morgan fingerprint density at radius 1 is 1.36 bits per heavy atom. The second kappa shape index (κ2) is 9.75. The average Bonchev–Trinajstić information content (AvgIpc) is 2.63. The molecule has 1 aromatic rings. The molecule has 7 heteroatoms. The number of hydrogen-bond donors (Lipinski definition) is 1. The van der Waals surface area contributed by atoms with Gasteiger partial charge < -0.3 is 19.9 Å². The van der Waals surface area contributed by atoms with E-state index >= 15 is 0 Å². The maximum absolute atomic E-state index is 13.1. The Morgan fingerprint density at radius 3 is 2.64 bits per heavy atom. The van der Waals surface area contributed by atoms with Crippen LogP contribution in [0.2, 0.25) is 0 Å². The highest BCUT2D eigenvalue weighted by atomic mass is 19.1. The highest BCUT2D eigenvalue weighted by Gasteiger charge is 2.27. The molecule has 1 atom stereocenters. The average molecular weight is 393 g/mol. The fraction of sp³-hybridized carbons (Fsp3) is 0.619. The fourth-order valence-electron chi connectivity index (χ4n) is 3.28. The number of nitrogens with zero attached hydrogens (tertiary/aromatic N) is 3. The first kappa shape index (κ1) is 22.0. The molecule has 2 rings (SSSR count). The van der Waals surface area contributed by atoms with Gasteiger partial charge in [0, 0.05) is 40.3 Å². The number of carbonyl (C=O) groups excluding carboxylic acids is 1. The molecule has 0 aliphatic carbocycles. The Labute approximate surface area is 167 Å². The minimum atomic E-state index is -0.479. The lowest BCUT2D eigenvalue weighted by Crippen LogP contribution is -2.47. The minimum absolute atomic E-state index is 0.235. The summed E-state index contributed by atoms with van der Waals surface area (Å²) in [6.07, 6.45) is 1.79. The summed E-state index contributed by atoms with van der Waals surface area (Å²) in [7, 11) is 3.70. The largest absolute Gasteiger partial charge is 0.444 e. The number of halogens is 1. The monoisotopic (exact) mass is 392 g/mol. The van der Waals surface area contributed by atoms with E-state index < -0.39 is 5.60 Å². The molecule has 0 spiro atoms. The molecule has 0 bridgehead atoms. The van der Waals surface area contributed by atoms with Gasteiger partial charge in [-0.3, -0.25) is 4.99 Å². The Hall–Kier alpha value is -2.31. The van der Waals surface area contributed by atoms with Gasteiger partial charge in [-0.25, -0.2) is 9.18 Å². The third-order valence-corrected chi connectivity index (χ3v) is 4.63. The van der Waals surface area contributed by atoms with Crippen LogP contribution in [0.3, 0.4) is 0 Å². The van der Waals surface area contributed by atoms with Crippen molar-refractivity contribution in [3.63, 3.8) is 0 Å². The first-order valence-corrected chi connectivity index (χ1v) is 9.82. The molecule has 1 unspecified atom stereocenters. The Bertz CT molecular complexity index is 670. The molecule has 1 N–H and O–H groups in total. The zero-order chi connectivity index (χ0) is 20.7. The highest BCUT2D eigenvalue weighted by Crippen LogP contribution is 2.19. The van der Waals surface area contributed by atoms with Gasteiger partial charge in [0.1, 0.15) is 11.4 Å². The standard InChI is InChI=1S/C21H33FN4O2/c1-21(2,3)28-20(27)26-12-6-7-17(15-26)13-24-19(23-4)25(5)14-16-8-10-18(22)11-9-16/h8-11,17H,6-7,12-15H2,1-5H3,(H,23,24). The van der Waals surface area contributed by atoms with Gasteiger partial charge in [0.15, 0.2) is 5.96 Å². The summed E-state index contributed by atoms with van der Waals surface area (Å²) >= 11 is 0. The number of ether oxygens (including phenoxy) is 1. The van der Waals surface area contributed by atoms with Crippen molar-refractivity contribution in [1.82, 2.24) is 15.1 Å². The van der Waals surface area contributed by atoms with Crippen LogP contribution in [0, 0.1) is 11.7 Å². The molecule has 0 radical (unpaired) electrons. The first-order valence-electron chi connectivity index (χ1n) is 9.82. The summed E-state index contributed by atoms with van der Waals surface area (Å²) in [5.41, 5.74) is 0.536. The number of likely N-dealkylation sites (tertiary alicyclic amines) is 1. The molecule has 6 nitrogen and oxygen atoms in total. The van der Waals surface area contributed by atoms with E-state index in [0.29, 0.717) is 19.0 Å². The van der Waals surface area contributed by atoms with Gasteiger partial charge >= 0.3 is 6.09 Å². The van der Waals surface area contributed by atoms with Gasteiger partial charge in [0.2, 0.25) is 0 Å². The van der Waals surface area contributed by atoms with E-state index in [4.69, 9.17) is 4.74 Å². The number of piperidine rings is 1. The number of aliphatic imine (C=N–C) groups is 1. The molecular formula is C21H33FN4O2. The van der Waals surface area contributed by atoms with E-state index in [0.717, 1.165) is 37.5 Å². The topological polar surface area (TPSA) is 57.2 Å². The Morgan fingerprint density at radius 2 is 2.04 bits per heavy atom. The summed E-state index contributed by atoms with van der Waals surface area (Å²) in [6.45, 7) is 8.44. The molecule has 1 amide bonds. The molecule has 156 valence electrons. The number of guanidine groups is 1. The molecule has 1 fully saturated rings. The number of amides is 1. The van der Waals surface area contributed by atoms with E-state index in [-0.39, 0.29) is 11.9 Å². The van der Waals surface area contributed by atoms with Gasteiger partial charge in [-0.1, -0.05) is 12.1 Å². The van der Waals surface area contributed by atoms with Crippen molar-refractivity contribution < 1.29 is 13.9 Å². The summed E-state index contributed by atoms with van der Waals surface area (Å²) in [6, 6.07) is 6.48. The molecule has 0 aromatic heterocycles. The Balaban J connectivity index is 1.85. The normalized spacial score (nSPS) is 18.0. The van der Waals surface area contributed by atoms with Crippen LogP contribution < -0.4 is 5.32 Å². The number of hydrogen-bond acceptors (Lipinski definition) is 3. The zero-order valence-corrected chi connectivity index (χ0v) is 17.7. The fourth-order valence-corrected chi connectivity index (χ4v) is 3.28. The predicted molar refractivity (Wildman–Crippen MR) is 110 cm³/mol. The summed E-state index contributed by atoms with van der Waals surface area (Å²) in [4.78, 5) is 20.5. The van der Waals surface area contributed by atoms with Crippen molar-refractivity contribution >= 4 is 12.1 Å². The Kier molecular flexibility index (Phi) is 7.66. The van der Waals surface area contributed by atoms with Gasteiger partial charge in [-0.15, -0.1) is 0 Å². The van der Waals surface area contributed by atoms with Crippen molar-refractivity contribution in [2.75, 3.05) is 33.7 Å². The molecule has 0 saturated carbocycles. The number of carbonyl (C=O) groups is 1. The molecule has 1 saturated heterocycles. The van der Waals surface area contributed by atoms with E-state index in [2.05, 4.69) is 10.3 Å². The molecule has 28 heavy (non-hydrogen) atoms. The van der Waals surface area contributed by atoms with Crippen LogP contribution in [0.1, 0.15) is 39.2 Å². The lowest BCUT2D eigenvalue weighted by Gasteiger charge is -2.34. The van der Waals surface area contributed by atoms with Crippen LogP contribution in [0.4, 0.5) is 9.18 Å². The lowest BCUT2D eigenvalue weighted by molar-refractivity contribution is 0.0168. The van der Waals surface area contributed by atoms with E-state index in [1.807, 2.05) is 32.7 Å². The smallest absolute Gasteiger partial charge is 0.410 e. The second-order valence-electron chi connectivity index (χ2n) is 8.35. The molecule has 1 aliphatic rings. The molecule has 1 aromatic carbocycles. The predicted octanol–water partition coefficient (Wildman–Crippen LogP) is 3.48. The van der Waals surface area contributed by atoms with Crippen LogP contribution in [0.15, 0.2) is 29.3 Å². The van der Waals surface area contributed by atoms with E-state index in [1.165, 1.54) is 12.1 Å². The summed E-state index contributed by atoms with van der Waals surface area (Å²) < 4.78 is 18.6. The maximum Gasteiger partial charge on any atom is 0.410 e. The zero-order valence-electron chi connectivity index (χ0n) is 17.7. The second-order valence-corrected chi connectivity index (χ2v) is 8.35. The van der Waals surface area contributed by atoms with E-state index in [9.17, 15) is 9.18 Å². The first-order chi connectivity index (χ1) is 13.2. The van der Waals surface area contributed by atoms with Gasteiger partial charge in [0.05, 0.1) is 0 Å². The molecular weight excluding hydrogens is 359 g/mol. The SMILES string of the molecule is CN=C(NCC1CCCN(C(=O)OC(C)(C)C)C1)N(C)Cc1ccc(F)cc1. The van der Waals surface area contributed by atoms with Crippen molar-refractivity contribution in [1.29, 1.82) is 0 Å². The van der Waals surface area contributed by atoms with Crippen LogP contribution in [0.25, 0.3) is 0 Å². The van der Waals surface area contributed by atoms with Crippen molar-refractivity contribution in [3.8, 4) is 0 Å². The van der Waals surface area contributed by atoms with Crippen LogP contribution in [-0.2, 0) is 11.3 Å². The highest BCUT2D eigenvalue weighted by molar-refractivity contribution is 5.79. The maximum atomic E-state index is 13.1. The third kappa shape index (κ3) is 7.02. The van der Waals surface area contributed by atoms with Gasteiger partial charge in [-0.2, -0.15) is 0 Å². The van der Waals surface area contributed by atoms with Gasteiger partial charge in [-0.05, 0) is 57.2 Å².